The lowest BCUT2D eigenvalue weighted by Gasteiger charge is -2.15. The predicted octanol–water partition coefficient (Wildman–Crippen LogP) is 1.68. The van der Waals surface area contributed by atoms with E-state index in [0.717, 1.165) is 11.3 Å². The van der Waals surface area contributed by atoms with Crippen LogP contribution in [0.2, 0.25) is 0 Å². The molecular formula is C19H16N6O3. The van der Waals surface area contributed by atoms with Crippen LogP contribution in [0.25, 0.3) is 16.7 Å². The van der Waals surface area contributed by atoms with Crippen LogP contribution in [0.15, 0.2) is 65.8 Å². The van der Waals surface area contributed by atoms with Crippen molar-refractivity contribution in [1.82, 2.24) is 29.8 Å². The number of para-hydroxylation sites is 2. The summed E-state index contributed by atoms with van der Waals surface area (Å²) in [5, 5.41) is 11.1. The number of rotatable bonds is 5. The number of carbonyl (C=O) groups is 1. The lowest BCUT2D eigenvalue weighted by molar-refractivity contribution is -0.149. The molecule has 0 N–H and O–H groups in total. The summed E-state index contributed by atoms with van der Waals surface area (Å²) in [5.74, 6) is -0.515. The van der Waals surface area contributed by atoms with Crippen LogP contribution in [-0.2, 0) is 16.1 Å². The number of benzene rings is 2. The van der Waals surface area contributed by atoms with Crippen LogP contribution in [0.1, 0.15) is 18.6 Å². The van der Waals surface area contributed by atoms with E-state index in [1.54, 1.807) is 25.1 Å². The van der Waals surface area contributed by atoms with Crippen LogP contribution in [0.5, 0.6) is 0 Å². The maximum Gasteiger partial charge on any atom is 0.326 e. The summed E-state index contributed by atoms with van der Waals surface area (Å²) in [6, 6.07) is 14.5. The highest BCUT2D eigenvalue weighted by Gasteiger charge is 2.15. The molecular weight excluding hydrogens is 360 g/mol. The number of fused-ring (bicyclic) bond motifs is 1. The lowest BCUT2D eigenvalue weighted by atomic mass is 10.1. The molecule has 0 aliphatic rings. The van der Waals surface area contributed by atoms with E-state index in [4.69, 9.17) is 4.74 Å². The second-order valence-corrected chi connectivity index (χ2v) is 6.15. The van der Waals surface area contributed by atoms with Gasteiger partial charge < -0.3 is 4.74 Å². The van der Waals surface area contributed by atoms with E-state index in [2.05, 4.69) is 20.5 Å². The first-order chi connectivity index (χ1) is 13.6. The Labute approximate surface area is 159 Å². The molecule has 2 aromatic heterocycles. The SMILES string of the molecule is C[C@H](OC(=O)Cn1c(=O)cnc2ccccc21)c1cccc(-n2cnnn2)c1. The number of ether oxygens (including phenoxy) is 1. The van der Waals surface area contributed by atoms with Crippen molar-refractivity contribution >= 4 is 17.0 Å². The highest BCUT2D eigenvalue weighted by Crippen LogP contribution is 2.20. The summed E-state index contributed by atoms with van der Waals surface area (Å²) < 4.78 is 8.41. The highest BCUT2D eigenvalue weighted by molar-refractivity contribution is 5.77. The van der Waals surface area contributed by atoms with Gasteiger partial charge >= 0.3 is 5.97 Å². The van der Waals surface area contributed by atoms with E-state index < -0.39 is 12.1 Å². The number of nitrogens with zero attached hydrogens (tertiary/aromatic N) is 6. The summed E-state index contributed by atoms with van der Waals surface area (Å²) in [7, 11) is 0. The van der Waals surface area contributed by atoms with Gasteiger partial charge in [-0.3, -0.25) is 14.2 Å². The van der Waals surface area contributed by atoms with Gasteiger partial charge in [-0.2, -0.15) is 0 Å². The van der Waals surface area contributed by atoms with Crippen molar-refractivity contribution in [3.05, 3.63) is 77.0 Å². The minimum atomic E-state index is -0.515. The number of tetrazole rings is 1. The average molecular weight is 376 g/mol. The monoisotopic (exact) mass is 376 g/mol. The summed E-state index contributed by atoms with van der Waals surface area (Å²) in [6.07, 6.45) is 2.18. The van der Waals surface area contributed by atoms with Crippen molar-refractivity contribution < 1.29 is 9.53 Å². The second kappa shape index (κ2) is 7.39. The van der Waals surface area contributed by atoms with Gasteiger partial charge in [0.05, 0.1) is 22.9 Å². The Bertz CT molecular complexity index is 1190. The molecule has 140 valence electrons. The average Bonchev–Trinajstić information content (AvgIpc) is 3.25. The molecule has 2 aromatic carbocycles. The van der Waals surface area contributed by atoms with Gasteiger partial charge in [-0.25, -0.2) is 9.67 Å². The Balaban J connectivity index is 1.53. The fourth-order valence-corrected chi connectivity index (χ4v) is 2.91. The quantitative estimate of drug-likeness (QED) is 0.488. The summed E-state index contributed by atoms with van der Waals surface area (Å²) in [6.45, 7) is 1.57. The minimum absolute atomic E-state index is 0.196. The Kier molecular flexibility index (Phi) is 4.63. The molecule has 9 heteroatoms. The molecule has 4 aromatic rings. The Morgan fingerprint density at radius 1 is 1.18 bits per heavy atom. The molecule has 9 nitrogen and oxygen atoms in total. The maximum absolute atomic E-state index is 12.5. The third-order valence-corrected chi connectivity index (χ3v) is 4.30. The Hall–Kier alpha value is -3.88. The molecule has 0 saturated heterocycles. The zero-order chi connectivity index (χ0) is 19.5. The molecule has 0 aliphatic heterocycles. The van der Waals surface area contributed by atoms with E-state index in [9.17, 15) is 9.59 Å². The maximum atomic E-state index is 12.5. The molecule has 28 heavy (non-hydrogen) atoms. The third-order valence-electron chi connectivity index (χ3n) is 4.30. The molecule has 0 aliphatic carbocycles. The predicted molar refractivity (Wildman–Crippen MR) is 99.7 cm³/mol. The molecule has 0 fully saturated rings. The van der Waals surface area contributed by atoms with Gasteiger partial charge in [0.15, 0.2) is 0 Å². The van der Waals surface area contributed by atoms with E-state index in [-0.39, 0.29) is 12.1 Å². The molecule has 1 atom stereocenters. The van der Waals surface area contributed by atoms with E-state index in [0.29, 0.717) is 11.0 Å². The zero-order valence-electron chi connectivity index (χ0n) is 15.0. The van der Waals surface area contributed by atoms with Crippen molar-refractivity contribution in [1.29, 1.82) is 0 Å². The standard InChI is InChI=1S/C19H16N6O3/c1-13(14-5-4-6-15(9-14)25-12-21-22-23-25)28-19(27)11-24-17-8-3-2-7-16(17)20-10-18(24)26/h2-10,12-13H,11H2,1H3/t13-/m0/s1. The fourth-order valence-electron chi connectivity index (χ4n) is 2.91. The second-order valence-electron chi connectivity index (χ2n) is 6.15. The number of carbonyl (C=O) groups excluding carboxylic acids is 1. The van der Waals surface area contributed by atoms with Crippen molar-refractivity contribution in [2.45, 2.75) is 19.6 Å². The van der Waals surface area contributed by atoms with Gasteiger partial charge in [0.2, 0.25) is 0 Å². The first-order valence-corrected chi connectivity index (χ1v) is 8.59. The van der Waals surface area contributed by atoms with Crippen molar-refractivity contribution in [2.75, 3.05) is 0 Å². The normalized spacial score (nSPS) is 12.0. The summed E-state index contributed by atoms with van der Waals surface area (Å²) in [4.78, 5) is 28.7. The molecule has 4 rings (SSSR count). The van der Waals surface area contributed by atoms with Crippen molar-refractivity contribution in [2.24, 2.45) is 0 Å². The fraction of sp³-hybridized carbons (Fsp3) is 0.158. The Morgan fingerprint density at radius 2 is 2.04 bits per heavy atom. The van der Waals surface area contributed by atoms with Gasteiger partial charge in [-0.15, -0.1) is 5.10 Å². The van der Waals surface area contributed by atoms with Crippen LogP contribution in [0.3, 0.4) is 0 Å². The van der Waals surface area contributed by atoms with Gasteiger partial charge in [0, 0.05) is 0 Å². The van der Waals surface area contributed by atoms with Gasteiger partial charge in [-0.05, 0) is 47.2 Å². The summed E-state index contributed by atoms with van der Waals surface area (Å²) >= 11 is 0. The first-order valence-electron chi connectivity index (χ1n) is 8.59. The zero-order valence-corrected chi connectivity index (χ0v) is 15.0. The van der Waals surface area contributed by atoms with Gasteiger partial charge in [0.25, 0.3) is 5.56 Å². The highest BCUT2D eigenvalue weighted by atomic mass is 16.5. The summed E-state index contributed by atoms with van der Waals surface area (Å²) in [5.41, 5.74) is 2.40. The molecule has 0 bridgehead atoms. The van der Waals surface area contributed by atoms with E-state index >= 15 is 0 Å². The van der Waals surface area contributed by atoms with Crippen molar-refractivity contribution in [3.8, 4) is 5.69 Å². The smallest absolute Gasteiger partial charge is 0.326 e. The van der Waals surface area contributed by atoms with Crippen LogP contribution in [0.4, 0.5) is 0 Å². The van der Waals surface area contributed by atoms with Gasteiger partial charge in [0.1, 0.15) is 19.0 Å². The van der Waals surface area contributed by atoms with E-state index in [1.165, 1.54) is 21.8 Å². The molecule has 0 saturated carbocycles. The van der Waals surface area contributed by atoms with Crippen LogP contribution in [0, 0.1) is 0 Å². The Morgan fingerprint density at radius 3 is 2.86 bits per heavy atom. The number of hydrogen-bond acceptors (Lipinski definition) is 7. The van der Waals surface area contributed by atoms with Crippen molar-refractivity contribution in [3.63, 3.8) is 0 Å². The number of aromatic nitrogens is 6. The first kappa shape index (κ1) is 17.5. The van der Waals surface area contributed by atoms with Crippen LogP contribution in [-0.4, -0.2) is 35.7 Å². The topological polar surface area (TPSA) is 105 Å². The molecule has 2 heterocycles. The van der Waals surface area contributed by atoms with Crippen LogP contribution >= 0.6 is 0 Å². The lowest BCUT2D eigenvalue weighted by Crippen LogP contribution is -2.26. The number of hydrogen-bond donors (Lipinski definition) is 0. The molecule has 0 radical (unpaired) electrons. The largest absolute Gasteiger partial charge is 0.456 e. The van der Waals surface area contributed by atoms with E-state index in [1.807, 2.05) is 30.3 Å². The van der Waals surface area contributed by atoms with Crippen LogP contribution < -0.4 is 5.56 Å². The molecule has 0 spiro atoms. The number of esters is 1. The third kappa shape index (κ3) is 3.50. The molecule has 0 amide bonds. The molecule has 0 unspecified atom stereocenters. The minimum Gasteiger partial charge on any atom is -0.456 e. The van der Waals surface area contributed by atoms with Gasteiger partial charge in [-0.1, -0.05) is 24.3 Å².